The summed E-state index contributed by atoms with van der Waals surface area (Å²) in [4.78, 5) is 19.9. The molecule has 2 aromatic rings. The van der Waals surface area contributed by atoms with Gasteiger partial charge in [0, 0.05) is 5.69 Å². The molecule has 0 fully saturated rings. The molecule has 1 atom stereocenters. The van der Waals surface area contributed by atoms with Crippen molar-refractivity contribution < 1.29 is 9.63 Å². The van der Waals surface area contributed by atoms with Gasteiger partial charge in [0.2, 0.25) is 11.5 Å². The molecule has 1 heterocycles. The second-order valence-electron chi connectivity index (χ2n) is 10.2. The lowest BCUT2D eigenvalue weighted by Gasteiger charge is -2.20. The van der Waals surface area contributed by atoms with Crippen LogP contribution in [-0.2, 0) is 9.63 Å². The number of unbranched alkanes of at least 4 members (excludes halogenated alkanes) is 7. The Morgan fingerprint density at radius 3 is 2.11 bits per heavy atom. The normalized spacial score (nSPS) is 12.9. The number of carbonyl (C=O) groups excluding carboxylic acids is 1. The molecule has 1 amide bonds. The number of para-hydroxylation sites is 1. The lowest BCUT2D eigenvalue weighted by atomic mass is 9.92. The summed E-state index contributed by atoms with van der Waals surface area (Å²) in [6.07, 6.45) is 11.2. The maximum absolute atomic E-state index is 13.3. The highest BCUT2D eigenvalue weighted by Gasteiger charge is 2.24. The summed E-state index contributed by atoms with van der Waals surface area (Å²) in [6.45, 7) is 12.8. The predicted octanol–water partition coefficient (Wildman–Crippen LogP) is 7.00. The minimum Gasteiger partial charge on any atom is -0.398 e. The van der Waals surface area contributed by atoms with Crippen LogP contribution in [0.25, 0.3) is 0 Å². The van der Waals surface area contributed by atoms with Crippen molar-refractivity contribution in [3.05, 3.63) is 35.2 Å². The number of carbonyl (C=O) groups is 1. The van der Waals surface area contributed by atoms with Gasteiger partial charge in [0.1, 0.15) is 7.11 Å². The maximum Gasteiger partial charge on any atom is 0.281 e. The summed E-state index contributed by atoms with van der Waals surface area (Å²) < 4.78 is 0. The third-order valence-electron chi connectivity index (χ3n) is 6.52. The Labute approximate surface area is 217 Å². The van der Waals surface area contributed by atoms with Crippen LogP contribution in [0.4, 0.5) is 5.69 Å². The summed E-state index contributed by atoms with van der Waals surface area (Å²) in [7, 11) is 1.41. The van der Waals surface area contributed by atoms with E-state index in [0.717, 1.165) is 29.7 Å². The Balaban J connectivity index is 2.06. The number of nitrogens with one attached hydrogen (secondary N) is 1. The number of nitrogens with zero attached hydrogens (tertiary/aromatic N) is 5. The van der Waals surface area contributed by atoms with E-state index >= 15 is 0 Å². The number of tetrazole rings is 1. The molecule has 8 nitrogen and oxygen atoms in total. The molecule has 0 saturated heterocycles. The van der Waals surface area contributed by atoms with E-state index in [1.807, 2.05) is 18.2 Å². The van der Waals surface area contributed by atoms with E-state index in [1.54, 1.807) is 4.80 Å². The number of benzene rings is 1. The minimum atomic E-state index is -0.415. The maximum atomic E-state index is 13.3. The quantitative estimate of drug-likeness (QED) is 0.153. The van der Waals surface area contributed by atoms with Crippen LogP contribution in [-0.4, -0.2) is 38.9 Å². The molecule has 0 bridgehead atoms. The molecule has 0 aliphatic carbocycles. The SMILES string of the molecule is CCCCCCCCCCC(C)n1nnc(C(=NOC)C(=O)Nc2c(C(C)C)cccc2C(C)C)n1. The van der Waals surface area contributed by atoms with Gasteiger partial charge in [0.15, 0.2) is 0 Å². The van der Waals surface area contributed by atoms with E-state index in [4.69, 9.17) is 4.84 Å². The summed E-state index contributed by atoms with van der Waals surface area (Å²) in [6, 6.07) is 6.21. The average molecular weight is 499 g/mol. The molecule has 1 unspecified atom stereocenters. The third-order valence-corrected chi connectivity index (χ3v) is 6.52. The van der Waals surface area contributed by atoms with Gasteiger partial charge < -0.3 is 10.2 Å². The lowest BCUT2D eigenvalue weighted by Crippen LogP contribution is -2.27. The minimum absolute atomic E-state index is 0.0105. The first-order valence-electron chi connectivity index (χ1n) is 13.6. The topological polar surface area (TPSA) is 94.3 Å². The van der Waals surface area contributed by atoms with Gasteiger partial charge in [-0.2, -0.15) is 4.80 Å². The lowest BCUT2D eigenvalue weighted by molar-refractivity contribution is -0.110. The van der Waals surface area contributed by atoms with Crippen LogP contribution < -0.4 is 5.32 Å². The third kappa shape index (κ3) is 8.71. The highest BCUT2D eigenvalue weighted by molar-refractivity contribution is 6.47. The largest absolute Gasteiger partial charge is 0.398 e. The van der Waals surface area contributed by atoms with E-state index in [2.05, 4.69) is 67.4 Å². The molecular weight excluding hydrogens is 452 g/mol. The van der Waals surface area contributed by atoms with E-state index in [0.29, 0.717) is 0 Å². The molecule has 2 rings (SSSR count). The van der Waals surface area contributed by atoms with E-state index in [-0.39, 0.29) is 29.4 Å². The molecule has 0 radical (unpaired) electrons. The second kappa shape index (κ2) is 15.4. The van der Waals surface area contributed by atoms with Crippen LogP contribution in [0, 0.1) is 0 Å². The van der Waals surface area contributed by atoms with Gasteiger partial charge in [-0.1, -0.05) is 109 Å². The van der Waals surface area contributed by atoms with E-state index in [9.17, 15) is 4.79 Å². The zero-order chi connectivity index (χ0) is 26.5. The first-order valence-corrected chi connectivity index (χ1v) is 13.6. The highest BCUT2D eigenvalue weighted by atomic mass is 16.6. The van der Waals surface area contributed by atoms with Crippen molar-refractivity contribution in [3.8, 4) is 0 Å². The number of rotatable bonds is 16. The first kappa shape index (κ1) is 29.5. The molecule has 0 aliphatic rings. The van der Waals surface area contributed by atoms with Crippen LogP contribution >= 0.6 is 0 Å². The van der Waals surface area contributed by atoms with Gasteiger partial charge in [0.25, 0.3) is 5.91 Å². The summed E-state index contributed by atoms with van der Waals surface area (Å²) in [5.74, 6) is 0.239. The molecule has 1 aromatic carbocycles. The van der Waals surface area contributed by atoms with Gasteiger partial charge in [-0.15, -0.1) is 10.2 Å². The monoisotopic (exact) mass is 498 g/mol. The summed E-state index contributed by atoms with van der Waals surface area (Å²) in [5, 5.41) is 19.8. The van der Waals surface area contributed by atoms with Gasteiger partial charge in [-0.3, -0.25) is 4.79 Å². The summed E-state index contributed by atoms with van der Waals surface area (Å²) >= 11 is 0. The Hall–Kier alpha value is -2.77. The van der Waals surface area contributed by atoms with Crippen LogP contribution in [0.15, 0.2) is 23.4 Å². The summed E-state index contributed by atoms with van der Waals surface area (Å²) in [5.41, 5.74) is 2.96. The van der Waals surface area contributed by atoms with Crippen LogP contribution in [0.5, 0.6) is 0 Å². The van der Waals surface area contributed by atoms with E-state index in [1.165, 1.54) is 52.1 Å². The average Bonchev–Trinajstić information content (AvgIpc) is 3.33. The van der Waals surface area contributed by atoms with Gasteiger partial charge in [-0.25, -0.2) is 0 Å². The van der Waals surface area contributed by atoms with Crippen molar-refractivity contribution in [1.82, 2.24) is 20.2 Å². The highest BCUT2D eigenvalue weighted by Crippen LogP contribution is 2.32. The van der Waals surface area contributed by atoms with Crippen LogP contribution in [0.2, 0.25) is 0 Å². The first-order chi connectivity index (χ1) is 17.3. The number of hydrogen-bond donors (Lipinski definition) is 1. The molecular formula is C28H46N6O2. The fraction of sp³-hybridized carbons (Fsp3) is 0.679. The van der Waals surface area contributed by atoms with Gasteiger partial charge in [-0.05, 0) is 41.5 Å². The fourth-order valence-electron chi connectivity index (χ4n) is 4.34. The molecule has 1 N–H and O–H groups in total. The van der Waals surface area contributed by atoms with Crippen molar-refractivity contribution in [2.75, 3.05) is 12.4 Å². The number of hydrogen-bond acceptors (Lipinski definition) is 6. The molecule has 1 aromatic heterocycles. The number of anilines is 1. The Morgan fingerprint density at radius 2 is 1.56 bits per heavy atom. The molecule has 200 valence electrons. The Bertz CT molecular complexity index is 940. The van der Waals surface area contributed by atoms with Gasteiger partial charge >= 0.3 is 0 Å². The van der Waals surface area contributed by atoms with Crippen molar-refractivity contribution >= 4 is 17.3 Å². The fourth-order valence-corrected chi connectivity index (χ4v) is 4.34. The zero-order valence-electron chi connectivity index (χ0n) is 23.4. The van der Waals surface area contributed by atoms with E-state index < -0.39 is 5.91 Å². The van der Waals surface area contributed by atoms with Crippen molar-refractivity contribution in [2.24, 2.45) is 5.16 Å². The predicted molar refractivity (Wildman–Crippen MR) is 147 cm³/mol. The standard InChI is InChI=1S/C28H46N6O2/c1-8-9-10-11-12-13-14-15-17-22(6)34-31-27(30-33-34)26(32-36-7)28(35)29-25-23(20(2)3)18-16-19-24(25)21(4)5/h16,18-22H,8-15,17H2,1-7H3,(H,29,35). The Kier molecular flexibility index (Phi) is 12.6. The number of oxime groups is 1. The van der Waals surface area contributed by atoms with Crippen LogP contribution in [0.1, 0.15) is 134 Å². The smallest absolute Gasteiger partial charge is 0.281 e. The Morgan fingerprint density at radius 1 is 0.972 bits per heavy atom. The van der Waals surface area contributed by atoms with Gasteiger partial charge in [0.05, 0.1) is 6.04 Å². The number of amides is 1. The molecule has 0 spiro atoms. The van der Waals surface area contributed by atoms with Crippen molar-refractivity contribution in [2.45, 2.75) is 117 Å². The number of aromatic nitrogens is 4. The van der Waals surface area contributed by atoms with Crippen molar-refractivity contribution in [3.63, 3.8) is 0 Å². The second-order valence-corrected chi connectivity index (χ2v) is 10.2. The molecule has 36 heavy (non-hydrogen) atoms. The van der Waals surface area contributed by atoms with Crippen LogP contribution in [0.3, 0.4) is 0 Å². The van der Waals surface area contributed by atoms with Crippen molar-refractivity contribution in [1.29, 1.82) is 0 Å². The zero-order valence-corrected chi connectivity index (χ0v) is 23.4. The molecule has 0 aliphatic heterocycles. The molecule has 8 heteroatoms. The molecule has 0 saturated carbocycles.